The Morgan fingerprint density at radius 3 is 1.43 bits per heavy atom. The van der Waals surface area contributed by atoms with Crippen molar-refractivity contribution in [2.24, 2.45) is 0 Å². The minimum Gasteiger partial charge on any atom is -0.309 e. The molecule has 0 fully saturated rings. The van der Waals surface area contributed by atoms with Gasteiger partial charge in [0.25, 0.3) is 0 Å². The van der Waals surface area contributed by atoms with Gasteiger partial charge < -0.3 is 9.47 Å². The van der Waals surface area contributed by atoms with Crippen LogP contribution in [0.3, 0.4) is 0 Å². The predicted molar refractivity (Wildman–Crippen MR) is 237 cm³/mol. The number of para-hydroxylation sites is 4. The highest BCUT2D eigenvalue weighted by Crippen LogP contribution is 2.47. The molecule has 264 valence electrons. The molecule has 0 spiro atoms. The molecule has 0 unspecified atom stereocenters. The van der Waals surface area contributed by atoms with Crippen LogP contribution in [0.4, 0.5) is 17.1 Å². The van der Waals surface area contributed by atoms with E-state index in [0.29, 0.717) is 0 Å². The highest BCUT2D eigenvalue weighted by molar-refractivity contribution is 6.17. The van der Waals surface area contributed by atoms with E-state index in [1.165, 1.54) is 60.8 Å². The van der Waals surface area contributed by atoms with E-state index in [0.717, 1.165) is 28.3 Å². The van der Waals surface area contributed by atoms with Crippen LogP contribution in [0, 0.1) is 0 Å². The molecule has 0 amide bonds. The van der Waals surface area contributed by atoms with Gasteiger partial charge >= 0.3 is 0 Å². The fourth-order valence-corrected chi connectivity index (χ4v) is 8.26. The number of nitrogens with zero attached hydrogens (tertiary/aromatic N) is 2. The second-order valence-electron chi connectivity index (χ2n) is 14.1. The van der Waals surface area contributed by atoms with Crippen molar-refractivity contribution in [3.05, 3.63) is 231 Å². The molecular formula is C54H38N2. The molecule has 0 aliphatic rings. The molecule has 0 bridgehead atoms. The van der Waals surface area contributed by atoms with Gasteiger partial charge in [-0.15, -0.1) is 0 Å². The average molecular weight is 715 g/mol. The van der Waals surface area contributed by atoms with Crippen LogP contribution < -0.4 is 4.90 Å². The Morgan fingerprint density at radius 1 is 0.304 bits per heavy atom. The van der Waals surface area contributed by atoms with E-state index in [2.05, 4.69) is 240 Å². The number of benzene rings is 9. The third-order valence-corrected chi connectivity index (χ3v) is 10.8. The summed E-state index contributed by atoms with van der Waals surface area (Å²) in [5.74, 6) is 0. The summed E-state index contributed by atoms with van der Waals surface area (Å²) in [7, 11) is 0. The van der Waals surface area contributed by atoms with Crippen LogP contribution in [0.25, 0.3) is 72.0 Å². The van der Waals surface area contributed by atoms with Gasteiger partial charge in [-0.3, -0.25) is 0 Å². The lowest BCUT2D eigenvalue weighted by Gasteiger charge is -2.30. The monoisotopic (exact) mass is 714 g/mol. The van der Waals surface area contributed by atoms with E-state index in [4.69, 9.17) is 0 Å². The number of rotatable bonds is 8. The summed E-state index contributed by atoms with van der Waals surface area (Å²) < 4.78 is 2.42. The number of hydrogen-bond acceptors (Lipinski definition) is 1. The maximum atomic E-state index is 2.44. The van der Waals surface area contributed by atoms with E-state index in [-0.39, 0.29) is 0 Å². The SMILES string of the molecule is c1ccc(-c2cc(-c3cccc(N(c4ccccc4-c4ccccc4)c4ccccc4-c4ccccc4)c3)c3c4ccccc4n(-c4ccccc4)c3c2)cc1. The van der Waals surface area contributed by atoms with Crippen molar-refractivity contribution in [2.45, 2.75) is 0 Å². The first kappa shape index (κ1) is 33.2. The molecule has 0 N–H and O–H groups in total. The largest absolute Gasteiger partial charge is 0.309 e. The molecule has 0 saturated heterocycles. The molecule has 0 radical (unpaired) electrons. The molecule has 2 heteroatoms. The molecule has 0 saturated carbocycles. The lowest BCUT2D eigenvalue weighted by Crippen LogP contribution is -2.12. The molecule has 0 aliphatic carbocycles. The zero-order valence-corrected chi connectivity index (χ0v) is 30.8. The molecule has 2 nitrogen and oxygen atoms in total. The normalized spacial score (nSPS) is 11.2. The Hall–Kier alpha value is -7.42. The summed E-state index contributed by atoms with van der Waals surface area (Å²) in [6, 6.07) is 83.1. The first-order valence-corrected chi connectivity index (χ1v) is 19.2. The minimum atomic E-state index is 1.08. The fraction of sp³-hybridized carbons (Fsp3) is 0. The van der Waals surface area contributed by atoms with Crippen LogP contribution in [0.1, 0.15) is 0 Å². The van der Waals surface area contributed by atoms with Crippen molar-refractivity contribution in [1.82, 2.24) is 4.57 Å². The quantitative estimate of drug-likeness (QED) is 0.152. The van der Waals surface area contributed by atoms with E-state index < -0.39 is 0 Å². The maximum Gasteiger partial charge on any atom is 0.0553 e. The summed E-state index contributed by atoms with van der Waals surface area (Å²) in [5.41, 5.74) is 16.2. The van der Waals surface area contributed by atoms with E-state index in [9.17, 15) is 0 Å². The highest BCUT2D eigenvalue weighted by Gasteiger charge is 2.22. The molecule has 0 aliphatic heterocycles. The second kappa shape index (κ2) is 14.4. The summed E-state index contributed by atoms with van der Waals surface area (Å²) >= 11 is 0. The Balaban J connectivity index is 1.26. The predicted octanol–water partition coefficient (Wildman–Crippen LogP) is 14.9. The summed E-state index contributed by atoms with van der Waals surface area (Å²) in [6.45, 7) is 0. The van der Waals surface area contributed by atoms with Crippen molar-refractivity contribution in [3.8, 4) is 50.2 Å². The van der Waals surface area contributed by atoms with Crippen molar-refractivity contribution in [2.75, 3.05) is 4.90 Å². The van der Waals surface area contributed by atoms with E-state index in [1.807, 2.05) is 0 Å². The number of aromatic nitrogens is 1. The van der Waals surface area contributed by atoms with Crippen molar-refractivity contribution < 1.29 is 0 Å². The second-order valence-corrected chi connectivity index (χ2v) is 14.1. The first-order chi connectivity index (χ1) is 27.8. The average Bonchev–Trinajstić information content (AvgIpc) is 3.62. The summed E-state index contributed by atoms with van der Waals surface area (Å²) in [6.07, 6.45) is 0. The Bertz CT molecular complexity index is 2860. The van der Waals surface area contributed by atoms with Gasteiger partial charge in [0, 0.05) is 33.3 Å². The van der Waals surface area contributed by atoms with Gasteiger partial charge in [0.15, 0.2) is 0 Å². The molecule has 10 rings (SSSR count). The summed E-state index contributed by atoms with van der Waals surface area (Å²) in [5, 5.41) is 2.47. The van der Waals surface area contributed by atoms with Gasteiger partial charge in [0.2, 0.25) is 0 Å². The molecule has 0 atom stereocenters. The summed E-state index contributed by atoms with van der Waals surface area (Å²) in [4.78, 5) is 2.44. The lowest BCUT2D eigenvalue weighted by atomic mass is 9.93. The number of fused-ring (bicyclic) bond motifs is 3. The lowest BCUT2D eigenvalue weighted by molar-refractivity contribution is 1.18. The van der Waals surface area contributed by atoms with Gasteiger partial charge in [-0.05, 0) is 88.0 Å². The minimum absolute atomic E-state index is 1.08. The molecule has 1 aromatic heterocycles. The number of anilines is 3. The Morgan fingerprint density at radius 2 is 0.804 bits per heavy atom. The zero-order chi connectivity index (χ0) is 37.3. The van der Waals surface area contributed by atoms with Gasteiger partial charge in [0.1, 0.15) is 0 Å². The Labute approximate surface area is 327 Å². The molecule has 1 heterocycles. The van der Waals surface area contributed by atoms with Crippen LogP contribution in [0.5, 0.6) is 0 Å². The van der Waals surface area contributed by atoms with Gasteiger partial charge in [-0.1, -0.05) is 176 Å². The third kappa shape index (κ3) is 5.95. The van der Waals surface area contributed by atoms with E-state index >= 15 is 0 Å². The molecule has 10 aromatic rings. The van der Waals surface area contributed by atoms with Gasteiger partial charge in [0.05, 0.1) is 22.4 Å². The van der Waals surface area contributed by atoms with Crippen LogP contribution in [-0.4, -0.2) is 4.57 Å². The third-order valence-electron chi connectivity index (χ3n) is 10.8. The van der Waals surface area contributed by atoms with Crippen molar-refractivity contribution in [3.63, 3.8) is 0 Å². The first-order valence-electron chi connectivity index (χ1n) is 19.2. The molecule has 56 heavy (non-hydrogen) atoms. The maximum absolute atomic E-state index is 2.44. The molecule has 9 aromatic carbocycles. The van der Waals surface area contributed by atoms with E-state index in [1.54, 1.807) is 0 Å². The number of hydrogen-bond donors (Lipinski definition) is 0. The zero-order valence-electron chi connectivity index (χ0n) is 30.8. The highest BCUT2D eigenvalue weighted by atomic mass is 15.1. The van der Waals surface area contributed by atoms with Gasteiger partial charge in [-0.25, -0.2) is 0 Å². The van der Waals surface area contributed by atoms with Crippen molar-refractivity contribution >= 4 is 38.9 Å². The Kier molecular flexibility index (Phi) is 8.55. The smallest absolute Gasteiger partial charge is 0.0553 e. The fourth-order valence-electron chi connectivity index (χ4n) is 8.26. The van der Waals surface area contributed by atoms with Crippen LogP contribution in [0.2, 0.25) is 0 Å². The van der Waals surface area contributed by atoms with Crippen LogP contribution in [-0.2, 0) is 0 Å². The van der Waals surface area contributed by atoms with Crippen molar-refractivity contribution in [1.29, 1.82) is 0 Å². The van der Waals surface area contributed by atoms with Crippen LogP contribution >= 0.6 is 0 Å². The van der Waals surface area contributed by atoms with Crippen LogP contribution in [0.15, 0.2) is 231 Å². The topological polar surface area (TPSA) is 8.17 Å². The standard InChI is InChI=1S/C54H38N2/c1-5-20-39(21-6-1)43-37-49(54-48-32-15-18-35-52(48)55(53(54)38-43)44-27-11-4-12-28-44)42-26-19-29-45(36-42)56(50-33-16-13-30-46(50)40-22-7-2-8-23-40)51-34-17-14-31-47(51)41-24-9-3-10-25-41/h1-38H. The van der Waals surface area contributed by atoms with Gasteiger partial charge in [-0.2, -0.15) is 0 Å². The molecular weight excluding hydrogens is 677 g/mol.